The van der Waals surface area contributed by atoms with Gasteiger partial charge in [0.05, 0.1) is 6.04 Å². The van der Waals surface area contributed by atoms with Gasteiger partial charge in [-0.25, -0.2) is 0 Å². The van der Waals surface area contributed by atoms with E-state index in [0.717, 1.165) is 12.8 Å². The molecule has 1 unspecified atom stereocenters. The van der Waals surface area contributed by atoms with E-state index in [-0.39, 0.29) is 11.8 Å². The Hall–Kier alpha value is -1.00. The predicted molar refractivity (Wildman–Crippen MR) is 82.4 cm³/mol. The maximum absolute atomic E-state index is 11.8. The number of nitrogens with two attached hydrogens (primary N) is 1. The molecule has 1 aromatic rings. The van der Waals surface area contributed by atoms with Crippen molar-refractivity contribution >= 4 is 17.7 Å². The molecule has 1 amide bonds. The van der Waals surface area contributed by atoms with Crippen LogP contribution in [0.2, 0.25) is 0 Å². The minimum atomic E-state index is -0.399. The van der Waals surface area contributed by atoms with E-state index in [1.54, 1.807) is 11.8 Å². The number of hydrogen-bond donors (Lipinski definition) is 2. The van der Waals surface area contributed by atoms with Crippen LogP contribution in [0.1, 0.15) is 25.8 Å². The zero-order valence-electron chi connectivity index (χ0n) is 12.0. The Kier molecular flexibility index (Phi) is 6.95. The molecule has 0 bridgehead atoms. The Morgan fingerprint density at radius 3 is 2.53 bits per heavy atom. The van der Waals surface area contributed by atoms with Gasteiger partial charge in [0, 0.05) is 11.4 Å². The normalized spacial score (nSPS) is 13.9. The molecule has 0 aliphatic carbocycles. The molecule has 3 N–H and O–H groups in total. The second kappa shape index (κ2) is 8.23. The molecule has 3 nitrogen and oxygen atoms in total. The summed E-state index contributed by atoms with van der Waals surface area (Å²) in [6, 6.07) is 8.02. The minimum absolute atomic E-state index is 0.0462. The Balaban J connectivity index is 2.35. The van der Waals surface area contributed by atoms with Crippen LogP contribution in [0.4, 0.5) is 0 Å². The van der Waals surface area contributed by atoms with Crippen molar-refractivity contribution in [2.24, 2.45) is 11.7 Å². The monoisotopic (exact) mass is 280 g/mol. The highest BCUT2D eigenvalue weighted by Crippen LogP contribution is 2.14. The standard InChI is InChI=1S/C15H24N2OS/c1-4-11(2)14(16)15(18)17-10-9-12-5-7-13(19-3)8-6-12/h5-8,11,14H,4,9-10,16H2,1-3H3,(H,17,18)/t11?,14-/m0/s1. The SMILES string of the molecule is CCC(C)[C@H](N)C(=O)NCCc1ccc(SC)cc1. The van der Waals surface area contributed by atoms with Gasteiger partial charge in [-0.1, -0.05) is 32.4 Å². The van der Waals surface area contributed by atoms with Crippen molar-refractivity contribution in [3.05, 3.63) is 29.8 Å². The molecular formula is C15H24N2OS. The van der Waals surface area contributed by atoms with Crippen molar-refractivity contribution in [1.82, 2.24) is 5.32 Å². The number of rotatable bonds is 7. The smallest absolute Gasteiger partial charge is 0.237 e. The van der Waals surface area contributed by atoms with E-state index in [4.69, 9.17) is 5.73 Å². The van der Waals surface area contributed by atoms with Crippen molar-refractivity contribution in [3.63, 3.8) is 0 Å². The first-order chi connectivity index (χ1) is 9.08. The topological polar surface area (TPSA) is 55.1 Å². The lowest BCUT2D eigenvalue weighted by molar-refractivity contribution is -0.123. The Morgan fingerprint density at radius 1 is 1.37 bits per heavy atom. The summed E-state index contributed by atoms with van der Waals surface area (Å²) in [6.07, 6.45) is 3.82. The number of benzene rings is 1. The van der Waals surface area contributed by atoms with Gasteiger partial charge in [0.1, 0.15) is 0 Å². The lowest BCUT2D eigenvalue weighted by Gasteiger charge is -2.17. The first-order valence-corrected chi connectivity index (χ1v) is 7.97. The summed E-state index contributed by atoms with van der Waals surface area (Å²) in [5.41, 5.74) is 7.11. The van der Waals surface area contributed by atoms with Crippen molar-refractivity contribution in [2.45, 2.75) is 37.6 Å². The Bertz CT molecular complexity index is 392. The van der Waals surface area contributed by atoms with E-state index in [1.165, 1.54) is 10.5 Å². The molecule has 1 aromatic carbocycles. The third kappa shape index (κ3) is 5.25. The van der Waals surface area contributed by atoms with Crippen LogP contribution in [0.15, 0.2) is 29.2 Å². The largest absolute Gasteiger partial charge is 0.354 e. The highest BCUT2D eigenvalue weighted by atomic mass is 32.2. The molecule has 4 heteroatoms. The highest BCUT2D eigenvalue weighted by molar-refractivity contribution is 7.98. The van der Waals surface area contributed by atoms with Crippen LogP contribution in [0.3, 0.4) is 0 Å². The second-order valence-electron chi connectivity index (χ2n) is 4.80. The lowest BCUT2D eigenvalue weighted by atomic mass is 9.99. The molecular weight excluding hydrogens is 256 g/mol. The lowest BCUT2D eigenvalue weighted by Crippen LogP contribution is -2.45. The van der Waals surface area contributed by atoms with Crippen LogP contribution in [-0.4, -0.2) is 24.7 Å². The fraction of sp³-hybridized carbons (Fsp3) is 0.533. The average Bonchev–Trinajstić information content (AvgIpc) is 2.46. The molecule has 19 heavy (non-hydrogen) atoms. The van der Waals surface area contributed by atoms with Gasteiger partial charge in [-0.05, 0) is 36.3 Å². The van der Waals surface area contributed by atoms with Crippen molar-refractivity contribution in [1.29, 1.82) is 0 Å². The number of carbonyl (C=O) groups is 1. The zero-order chi connectivity index (χ0) is 14.3. The summed E-state index contributed by atoms with van der Waals surface area (Å²) in [5, 5.41) is 2.91. The number of carbonyl (C=O) groups excluding carboxylic acids is 1. The maximum Gasteiger partial charge on any atom is 0.237 e. The van der Waals surface area contributed by atoms with E-state index in [2.05, 4.69) is 35.8 Å². The fourth-order valence-electron chi connectivity index (χ4n) is 1.75. The van der Waals surface area contributed by atoms with Crippen molar-refractivity contribution in [2.75, 3.05) is 12.8 Å². The first kappa shape index (κ1) is 16.1. The van der Waals surface area contributed by atoms with Crippen LogP contribution in [-0.2, 0) is 11.2 Å². The number of hydrogen-bond acceptors (Lipinski definition) is 3. The van der Waals surface area contributed by atoms with E-state index < -0.39 is 6.04 Å². The van der Waals surface area contributed by atoms with Crippen LogP contribution in [0.5, 0.6) is 0 Å². The minimum Gasteiger partial charge on any atom is -0.354 e. The molecule has 0 saturated heterocycles. The van der Waals surface area contributed by atoms with E-state index in [1.807, 2.05) is 13.8 Å². The van der Waals surface area contributed by atoms with Gasteiger partial charge in [0.25, 0.3) is 0 Å². The number of thioether (sulfide) groups is 1. The maximum atomic E-state index is 11.8. The van der Waals surface area contributed by atoms with Gasteiger partial charge >= 0.3 is 0 Å². The summed E-state index contributed by atoms with van der Waals surface area (Å²) < 4.78 is 0. The molecule has 0 aliphatic heterocycles. The predicted octanol–water partition coefficient (Wildman–Crippen LogP) is 2.44. The Labute approximate surface area is 120 Å². The van der Waals surface area contributed by atoms with E-state index in [0.29, 0.717) is 6.54 Å². The first-order valence-electron chi connectivity index (χ1n) is 6.74. The third-order valence-electron chi connectivity index (χ3n) is 3.43. The summed E-state index contributed by atoms with van der Waals surface area (Å²) in [4.78, 5) is 13.1. The van der Waals surface area contributed by atoms with Crippen LogP contribution in [0.25, 0.3) is 0 Å². The highest BCUT2D eigenvalue weighted by Gasteiger charge is 2.18. The van der Waals surface area contributed by atoms with Gasteiger partial charge in [0.15, 0.2) is 0 Å². The number of nitrogens with one attached hydrogen (secondary N) is 1. The van der Waals surface area contributed by atoms with Gasteiger partial charge in [-0.3, -0.25) is 4.79 Å². The summed E-state index contributed by atoms with van der Waals surface area (Å²) in [7, 11) is 0. The Morgan fingerprint density at radius 2 is 2.00 bits per heavy atom. The van der Waals surface area contributed by atoms with Gasteiger partial charge in [-0.15, -0.1) is 11.8 Å². The molecule has 0 saturated carbocycles. The van der Waals surface area contributed by atoms with Gasteiger partial charge in [0.2, 0.25) is 5.91 Å². The van der Waals surface area contributed by atoms with Crippen molar-refractivity contribution < 1.29 is 4.79 Å². The van der Waals surface area contributed by atoms with E-state index in [9.17, 15) is 4.79 Å². The van der Waals surface area contributed by atoms with Crippen LogP contribution < -0.4 is 11.1 Å². The molecule has 0 radical (unpaired) electrons. The molecule has 2 atom stereocenters. The molecule has 0 aromatic heterocycles. The second-order valence-corrected chi connectivity index (χ2v) is 5.68. The quantitative estimate of drug-likeness (QED) is 0.754. The molecule has 106 valence electrons. The fourth-order valence-corrected chi connectivity index (χ4v) is 2.16. The molecule has 0 fully saturated rings. The average molecular weight is 280 g/mol. The molecule has 1 rings (SSSR count). The molecule has 0 spiro atoms. The molecule has 0 aliphatic rings. The van der Waals surface area contributed by atoms with Gasteiger partial charge < -0.3 is 11.1 Å². The zero-order valence-corrected chi connectivity index (χ0v) is 12.8. The summed E-state index contributed by atoms with van der Waals surface area (Å²) >= 11 is 1.73. The van der Waals surface area contributed by atoms with Crippen molar-refractivity contribution in [3.8, 4) is 0 Å². The molecule has 0 heterocycles. The van der Waals surface area contributed by atoms with Crippen LogP contribution >= 0.6 is 11.8 Å². The summed E-state index contributed by atoms with van der Waals surface area (Å²) in [6.45, 7) is 4.69. The van der Waals surface area contributed by atoms with Crippen LogP contribution in [0, 0.1) is 5.92 Å². The number of amides is 1. The van der Waals surface area contributed by atoms with E-state index >= 15 is 0 Å². The summed E-state index contributed by atoms with van der Waals surface area (Å²) in [5.74, 6) is 0.177. The third-order valence-corrected chi connectivity index (χ3v) is 4.18. The van der Waals surface area contributed by atoms with Gasteiger partial charge in [-0.2, -0.15) is 0 Å².